The highest BCUT2D eigenvalue weighted by atomic mass is 16.5. The third kappa shape index (κ3) is 4.96. The molecule has 0 spiro atoms. The number of carbonyl (C=O) groups excluding carboxylic acids is 1. The van der Waals surface area contributed by atoms with Crippen LogP contribution in [-0.2, 0) is 4.79 Å². The lowest BCUT2D eigenvalue weighted by Crippen LogP contribution is -2.27. The Morgan fingerprint density at radius 1 is 1.30 bits per heavy atom. The van der Waals surface area contributed by atoms with E-state index >= 15 is 0 Å². The van der Waals surface area contributed by atoms with Crippen molar-refractivity contribution < 1.29 is 19.4 Å². The minimum absolute atomic E-state index is 0.193. The molecule has 23 heavy (non-hydrogen) atoms. The monoisotopic (exact) mass is 320 g/mol. The summed E-state index contributed by atoms with van der Waals surface area (Å²) >= 11 is 0. The molecule has 0 atom stereocenters. The van der Waals surface area contributed by atoms with Crippen molar-refractivity contribution in [3.05, 3.63) is 23.8 Å². The van der Waals surface area contributed by atoms with E-state index in [2.05, 4.69) is 10.5 Å². The van der Waals surface area contributed by atoms with Crippen molar-refractivity contribution >= 4 is 12.1 Å². The van der Waals surface area contributed by atoms with Crippen LogP contribution in [0.25, 0.3) is 0 Å². The van der Waals surface area contributed by atoms with Gasteiger partial charge in [0.2, 0.25) is 5.91 Å². The lowest BCUT2D eigenvalue weighted by Gasteiger charge is -2.20. The largest absolute Gasteiger partial charge is 0.493 e. The van der Waals surface area contributed by atoms with E-state index in [0.717, 1.165) is 31.2 Å². The third-order valence-corrected chi connectivity index (χ3v) is 4.16. The molecule has 0 radical (unpaired) electrons. The lowest BCUT2D eigenvalue weighted by molar-refractivity contribution is -0.122. The Kier molecular flexibility index (Phi) is 5.98. The summed E-state index contributed by atoms with van der Waals surface area (Å²) in [5.74, 6) is 1.05. The van der Waals surface area contributed by atoms with Gasteiger partial charge >= 0.3 is 0 Å². The topological polar surface area (TPSA) is 80.2 Å². The first-order valence-electron chi connectivity index (χ1n) is 7.83. The van der Waals surface area contributed by atoms with Crippen LogP contribution in [0.5, 0.6) is 11.5 Å². The van der Waals surface area contributed by atoms with Crippen LogP contribution in [0.1, 0.15) is 44.1 Å². The molecule has 0 aliphatic heterocycles. The summed E-state index contributed by atoms with van der Waals surface area (Å²) in [6.45, 7) is 0. The molecule has 1 fully saturated rings. The van der Waals surface area contributed by atoms with Gasteiger partial charge in [0, 0.05) is 6.42 Å². The molecule has 0 saturated heterocycles. The van der Waals surface area contributed by atoms with Crippen molar-refractivity contribution in [2.75, 3.05) is 14.2 Å². The Hall–Kier alpha value is -2.08. The van der Waals surface area contributed by atoms with Gasteiger partial charge in [-0.3, -0.25) is 4.79 Å². The zero-order chi connectivity index (χ0) is 16.7. The van der Waals surface area contributed by atoms with Gasteiger partial charge in [0.25, 0.3) is 0 Å². The van der Waals surface area contributed by atoms with Gasteiger partial charge in [-0.2, -0.15) is 5.10 Å². The van der Waals surface area contributed by atoms with Crippen LogP contribution >= 0.6 is 0 Å². The van der Waals surface area contributed by atoms with Gasteiger partial charge in [0.05, 0.1) is 26.0 Å². The number of hydrogen-bond acceptors (Lipinski definition) is 5. The molecule has 1 saturated carbocycles. The van der Waals surface area contributed by atoms with E-state index in [1.165, 1.54) is 0 Å². The fourth-order valence-electron chi connectivity index (χ4n) is 2.80. The predicted octanol–water partition coefficient (Wildman–Crippen LogP) is 2.24. The minimum Gasteiger partial charge on any atom is -0.493 e. The normalized spacial score (nSPS) is 16.5. The zero-order valence-corrected chi connectivity index (χ0v) is 13.7. The van der Waals surface area contributed by atoms with Gasteiger partial charge in [-0.25, -0.2) is 5.43 Å². The first kappa shape index (κ1) is 17.3. The van der Waals surface area contributed by atoms with Crippen molar-refractivity contribution in [1.29, 1.82) is 0 Å². The van der Waals surface area contributed by atoms with E-state index in [-0.39, 0.29) is 12.3 Å². The van der Waals surface area contributed by atoms with Gasteiger partial charge < -0.3 is 14.6 Å². The van der Waals surface area contributed by atoms with Crippen LogP contribution in [0.3, 0.4) is 0 Å². The highest BCUT2D eigenvalue weighted by Crippen LogP contribution is 2.33. The molecule has 0 bridgehead atoms. The van der Waals surface area contributed by atoms with Gasteiger partial charge in [0.15, 0.2) is 11.5 Å². The maximum Gasteiger partial charge on any atom is 0.240 e. The minimum atomic E-state index is -0.662. The first-order chi connectivity index (χ1) is 11.1. The molecule has 1 amide bonds. The summed E-state index contributed by atoms with van der Waals surface area (Å²) in [7, 11) is 3.14. The summed E-state index contributed by atoms with van der Waals surface area (Å²) in [5, 5.41) is 14.1. The Bertz CT molecular complexity index is 566. The van der Waals surface area contributed by atoms with Gasteiger partial charge in [-0.05, 0) is 43.0 Å². The highest BCUT2D eigenvalue weighted by Gasteiger charge is 2.31. The van der Waals surface area contributed by atoms with Crippen molar-refractivity contribution in [2.24, 2.45) is 5.10 Å². The van der Waals surface area contributed by atoms with Crippen LogP contribution in [0.2, 0.25) is 0 Å². The van der Waals surface area contributed by atoms with Gasteiger partial charge in [0.1, 0.15) is 0 Å². The summed E-state index contributed by atoms with van der Waals surface area (Å²) in [6, 6.07) is 5.37. The van der Waals surface area contributed by atoms with Gasteiger partial charge in [-0.15, -0.1) is 0 Å². The number of amides is 1. The number of benzene rings is 1. The summed E-state index contributed by atoms with van der Waals surface area (Å²) in [5.41, 5.74) is 2.61. The van der Waals surface area contributed by atoms with Gasteiger partial charge in [-0.1, -0.05) is 12.8 Å². The van der Waals surface area contributed by atoms with Crippen molar-refractivity contribution in [3.8, 4) is 11.5 Å². The number of nitrogens with zero attached hydrogens (tertiary/aromatic N) is 1. The number of rotatable bonds is 7. The second-order valence-electron chi connectivity index (χ2n) is 5.84. The fourth-order valence-corrected chi connectivity index (χ4v) is 2.80. The van der Waals surface area contributed by atoms with E-state index in [1.807, 2.05) is 6.07 Å². The highest BCUT2D eigenvalue weighted by molar-refractivity contribution is 5.83. The zero-order valence-electron chi connectivity index (χ0n) is 13.7. The van der Waals surface area contributed by atoms with Crippen LogP contribution in [0.15, 0.2) is 23.3 Å². The molecule has 1 aliphatic carbocycles. The summed E-state index contributed by atoms with van der Waals surface area (Å²) in [6.07, 6.45) is 5.96. The van der Waals surface area contributed by atoms with Crippen molar-refractivity contribution in [2.45, 2.75) is 44.1 Å². The smallest absolute Gasteiger partial charge is 0.240 e. The number of hydrogen-bond donors (Lipinski definition) is 2. The predicted molar refractivity (Wildman–Crippen MR) is 87.9 cm³/mol. The molecule has 2 rings (SSSR count). The molecule has 1 aliphatic rings. The first-order valence-corrected chi connectivity index (χ1v) is 7.83. The SMILES string of the molecule is COc1ccc(/C=N\NC(=O)CCC2(O)CCCC2)cc1OC. The standard InChI is InChI=1S/C17H24N2O4/c1-22-14-6-5-13(11-15(14)23-2)12-18-19-16(20)7-10-17(21)8-3-4-9-17/h5-6,11-12,21H,3-4,7-10H2,1-2H3,(H,19,20)/b18-12-. The number of methoxy groups -OCH3 is 2. The maximum atomic E-state index is 11.8. The molecule has 1 aromatic rings. The summed E-state index contributed by atoms with van der Waals surface area (Å²) < 4.78 is 10.4. The van der Waals surface area contributed by atoms with E-state index in [4.69, 9.17) is 9.47 Å². The fraction of sp³-hybridized carbons (Fsp3) is 0.529. The number of carbonyl (C=O) groups is 1. The van der Waals surface area contributed by atoms with Crippen LogP contribution < -0.4 is 14.9 Å². The average molecular weight is 320 g/mol. The molecule has 6 heteroatoms. The van der Waals surface area contributed by atoms with Crippen LogP contribution in [0, 0.1) is 0 Å². The third-order valence-electron chi connectivity index (χ3n) is 4.16. The Balaban J connectivity index is 1.82. The van der Waals surface area contributed by atoms with E-state index in [9.17, 15) is 9.90 Å². The van der Waals surface area contributed by atoms with Crippen molar-refractivity contribution in [3.63, 3.8) is 0 Å². The molecule has 6 nitrogen and oxygen atoms in total. The number of hydrazone groups is 1. The molecular weight excluding hydrogens is 296 g/mol. The second-order valence-corrected chi connectivity index (χ2v) is 5.84. The van der Waals surface area contributed by atoms with E-state index < -0.39 is 5.60 Å². The second kappa shape index (κ2) is 7.97. The number of ether oxygens (including phenoxy) is 2. The molecule has 0 unspecified atom stereocenters. The number of aliphatic hydroxyl groups is 1. The Labute approximate surface area is 136 Å². The molecular formula is C17H24N2O4. The molecule has 0 heterocycles. The van der Waals surface area contributed by atoms with E-state index in [1.54, 1.807) is 32.6 Å². The number of nitrogens with one attached hydrogen (secondary N) is 1. The maximum absolute atomic E-state index is 11.8. The molecule has 126 valence electrons. The average Bonchev–Trinajstić information content (AvgIpc) is 3.00. The summed E-state index contributed by atoms with van der Waals surface area (Å²) in [4.78, 5) is 11.8. The molecule has 0 aromatic heterocycles. The quantitative estimate of drug-likeness (QED) is 0.596. The Morgan fingerprint density at radius 3 is 2.65 bits per heavy atom. The molecule has 1 aromatic carbocycles. The Morgan fingerprint density at radius 2 is 2.00 bits per heavy atom. The van der Waals surface area contributed by atoms with Crippen molar-refractivity contribution in [1.82, 2.24) is 5.43 Å². The van der Waals surface area contributed by atoms with E-state index in [0.29, 0.717) is 17.9 Å². The molecule has 2 N–H and O–H groups in total. The lowest BCUT2D eigenvalue weighted by atomic mass is 9.96. The van der Waals surface area contributed by atoms with Crippen LogP contribution in [-0.4, -0.2) is 37.0 Å². The van der Waals surface area contributed by atoms with Crippen LogP contribution in [0.4, 0.5) is 0 Å².